The number of rotatable bonds is 8. The minimum Gasteiger partial charge on any atom is -0.351 e. The van der Waals surface area contributed by atoms with E-state index in [1.165, 1.54) is 38.1 Å². The van der Waals surface area contributed by atoms with Crippen LogP contribution in [-0.4, -0.2) is 30.6 Å². The van der Waals surface area contributed by atoms with E-state index in [4.69, 9.17) is 34.8 Å². The molecule has 2 amide bonds. The summed E-state index contributed by atoms with van der Waals surface area (Å²) in [5, 5.41) is 4.53. The molecule has 4 nitrogen and oxygen atoms in total. The van der Waals surface area contributed by atoms with Gasteiger partial charge in [0.25, 0.3) is 5.91 Å². The molecule has 0 heterocycles. The fraction of sp³-hybridized carbons (Fsp3) is 0.250. The van der Waals surface area contributed by atoms with Crippen molar-refractivity contribution < 1.29 is 27.2 Å². The second kappa shape index (κ2) is 11.9. The van der Waals surface area contributed by atoms with E-state index in [0.29, 0.717) is 11.6 Å². The normalized spacial score (nSPS) is 13.7. The Labute approximate surface area is 214 Å². The number of alkyl halides is 3. The summed E-state index contributed by atoms with van der Waals surface area (Å²) in [6, 6.07) is 4.76. The van der Waals surface area contributed by atoms with Crippen molar-refractivity contribution in [3.05, 3.63) is 86.4 Å². The Hall–Kier alpha value is -2.55. The lowest BCUT2D eigenvalue weighted by atomic mass is 9.95. The van der Waals surface area contributed by atoms with E-state index in [9.17, 15) is 27.2 Å². The molecule has 0 aromatic heterocycles. The Morgan fingerprint density at radius 3 is 2.23 bits per heavy atom. The van der Waals surface area contributed by atoms with Crippen LogP contribution in [0.25, 0.3) is 5.83 Å². The van der Waals surface area contributed by atoms with Crippen LogP contribution < -0.4 is 10.6 Å². The predicted molar refractivity (Wildman–Crippen MR) is 131 cm³/mol. The molecule has 2 N–H and O–H groups in total. The lowest BCUT2D eigenvalue weighted by Crippen LogP contribution is -2.45. The molecule has 11 heteroatoms. The highest BCUT2D eigenvalue weighted by atomic mass is 35.5. The summed E-state index contributed by atoms with van der Waals surface area (Å²) in [5.74, 6) is -4.55. The van der Waals surface area contributed by atoms with Crippen LogP contribution >= 0.6 is 34.8 Å². The molecule has 2 rings (SSSR count). The number of carbonyl (C=O) groups is 2. The topological polar surface area (TPSA) is 58.2 Å². The lowest BCUT2D eigenvalue weighted by molar-refractivity contribution is -0.139. The zero-order valence-electron chi connectivity index (χ0n) is 18.6. The number of allylic oxidation sites excluding steroid dienone is 1. The van der Waals surface area contributed by atoms with Crippen molar-refractivity contribution in [2.75, 3.05) is 6.54 Å². The Balaban J connectivity index is 2.32. The molecule has 0 spiro atoms. The van der Waals surface area contributed by atoms with E-state index in [1.807, 2.05) is 0 Å². The van der Waals surface area contributed by atoms with Gasteiger partial charge in [-0.25, -0.2) is 4.39 Å². The average molecular weight is 552 g/mol. The first-order valence-corrected chi connectivity index (χ1v) is 11.3. The second-order valence-electron chi connectivity index (χ2n) is 7.59. The van der Waals surface area contributed by atoms with Crippen LogP contribution in [0, 0.1) is 6.92 Å². The van der Waals surface area contributed by atoms with Crippen molar-refractivity contribution in [2.45, 2.75) is 32.0 Å². The van der Waals surface area contributed by atoms with Gasteiger partial charge in [-0.05, 0) is 55.3 Å². The van der Waals surface area contributed by atoms with Gasteiger partial charge >= 0.3 is 6.18 Å². The molecule has 188 valence electrons. The first-order valence-electron chi connectivity index (χ1n) is 10.1. The Bertz CT molecular complexity index is 1140. The molecular formula is C24H21Cl3F4N2O2. The number of hydrogen-bond donors (Lipinski definition) is 2. The van der Waals surface area contributed by atoms with Gasteiger partial charge in [0.2, 0.25) is 5.91 Å². The number of carbonyl (C=O) groups excluding carboxylic acids is 2. The van der Waals surface area contributed by atoms with Crippen LogP contribution in [0.15, 0.2) is 49.1 Å². The monoisotopic (exact) mass is 550 g/mol. The highest BCUT2D eigenvalue weighted by Crippen LogP contribution is 2.42. The molecule has 0 aliphatic rings. The van der Waals surface area contributed by atoms with Gasteiger partial charge in [0.05, 0.1) is 15.1 Å². The standard InChI is InChI=1S/C24H21Cl3F4N2O2/c1-4-7-32-22(34)13(3)33-23(35)16-6-5-14(8-12(16)2)20(28)11-17(24(29,30)31)15-9-18(25)21(27)19(26)10-15/h4-6,8-11,13,17H,1,7H2,2-3H3,(H,32,34)(H,33,35)/b20-11-/t13-,17?/m1/s1. The third kappa shape index (κ3) is 7.46. The maximum Gasteiger partial charge on any atom is 0.399 e. The molecule has 35 heavy (non-hydrogen) atoms. The molecule has 0 bridgehead atoms. The third-order valence-electron chi connectivity index (χ3n) is 4.94. The van der Waals surface area contributed by atoms with Crippen LogP contribution in [0.4, 0.5) is 17.6 Å². The van der Waals surface area contributed by atoms with E-state index in [2.05, 4.69) is 17.2 Å². The molecule has 2 atom stereocenters. The quantitative estimate of drug-likeness (QED) is 0.210. The zero-order chi connectivity index (χ0) is 26.5. The van der Waals surface area contributed by atoms with E-state index in [1.54, 1.807) is 0 Å². The zero-order valence-corrected chi connectivity index (χ0v) is 20.8. The largest absolute Gasteiger partial charge is 0.399 e. The fourth-order valence-corrected chi connectivity index (χ4v) is 3.72. The van der Waals surface area contributed by atoms with Crippen LogP contribution in [0.2, 0.25) is 15.1 Å². The Morgan fingerprint density at radius 2 is 1.71 bits per heavy atom. The number of amides is 2. The van der Waals surface area contributed by atoms with E-state index in [-0.39, 0.29) is 38.3 Å². The summed E-state index contributed by atoms with van der Waals surface area (Å²) in [6.07, 6.45) is -2.97. The van der Waals surface area contributed by atoms with E-state index in [0.717, 1.165) is 12.1 Å². The molecule has 0 aliphatic heterocycles. The third-order valence-corrected chi connectivity index (χ3v) is 6.14. The molecule has 2 aromatic carbocycles. The maximum atomic E-state index is 14.9. The summed E-state index contributed by atoms with van der Waals surface area (Å²) in [4.78, 5) is 24.4. The van der Waals surface area contributed by atoms with E-state index < -0.39 is 35.8 Å². The smallest absolute Gasteiger partial charge is 0.351 e. The lowest BCUT2D eigenvalue weighted by Gasteiger charge is -2.19. The minimum absolute atomic E-state index is 0.112. The van der Waals surface area contributed by atoms with Crippen LogP contribution in [0.1, 0.15) is 39.9 Å². The molecular weight excluding hydrogens is 531 g/mol. The number of aryl methyl sites for hydroxylation is 1. The van der Waals surface area contributed by atoms with Crippen LogP contribution in [0.5, 0.6) is 0 Å². The first kappa shape index (κ1) is 28.7. The Morgan fingerprint density at radius 1 is 1.11 bits per heavy atom. The predicted octanol–water partition coefficient (Wildman–Crippen LogP) is 7.03. The molecule has 0 fully saturated rings. The minimum atomic E-state index is -4.85. The van der Waals surface area contributed by atoms with Crippen molar-refractivity contribution in [2.24, 2.45) is 0 Å². The summed E-state index contributed by atoms with van der Waals surface area (Å²) in [6.45, 7) is 6.68. The molecule has 0 saturated carbocycles. The number of nitrogens with one attached hydrogen (secondary N) is 2. The SMILES string of the molecule is C=CCNC(=O)[C@@H](C)NC(=O)c1ccc(/C(F)=C/C(c2cc(Cl)c(Cl)c(Cl)c2)C(F)(F)F)cc1C. The highest BCUT2D eigenvalue weighted by molar-refractivity contribution is 6.48. The van der Waals surface area contributed by atoms with Crippen molar-refractivity contribution >= 4 is 52.4 Å². The summed E-state index contributed by atoms with van der Waals surface area (Å²) in [7, 11) is 0. The fourth-order valence-electron chi connectivity index (χ4n) is 3.11. The molecule has 2 aromatic rings. The van der Waals surface area contributed by atoms with Gasteiger partial charge in [0.1, 0.15) is 17.8 Å². The van der Waals surface area contributed by atoms with Gasteiger partial charge in [-0.1, -0.05) is 46.9 Å². The van der Waals surface area contributed by atoms with Gasteiger partial charge in [-0.2, -0.15) is 13.2 Å². The average Bonchev–Trinajstić information content (AvgIpc) is 2.77. The maximum absolute atomic E-state index is 14.9. The van der Waals surface area contributed by atoms with Crippen molar-refractivity contribution in [3.63, 3.8) is 0 Å². The van der Waals surface area contributed by atoms with E-state index >= 15 is 0 Å². The van der Waals surface area contributed by atoms with Crippen LogP contribution in [0.3, 0.4) is 0 Å². The van der Waals surface area contributed by atoms with Gasteiger partial charge in [0, 0.05) is 17.7 Å². The summed E-state index contributed by atoms with van der Waals surface area (Å²) < 4.78 is 56.2. The number of benzene rings is 2. The first-order chi connectivity index (χ1) is 16.3. The number of hydrogen-bond acceptors (Lipinski definition) is 2. The second-order valence-corrected chi connectivity index (χ2v) is 8.78. The Kier molecular flexibility index (Phi) is 9.77. The van der Waals surface area contributed by atoms with Gasteiger partial charge in [-0.3, -0.25) is 9.59 Å². The summed E-state index contributed by atoms with van der Waals surface area (Å²) in [5.41, 5.74) is -0.128. The molecule has 0 radical (unpaired) electrons. The molecule has 0 aliphatic carbocycles. The van der Waals surface area contributed by atoms with Crippen molar-refractivity contribution in [1.82, 2.24) is 10.6 Å². The molecule has 1 unspecified atom stereocenters. The highest BCUT2D eigenvalue weighted by Gasteiger charge is 2.40. The van der Waals surface area contributed by atoms with Gasteiger partial charge in [0.15, 0.2) is 0 Å². The van der Waals surface area contributed by atoms with Gasteiger partial charge < -0.3 is 10.6 Å². The van der Waals surface area contributed by atoms with Crippen LogP contribution in [-0.2, 0) is 4.79 Å². The number of halogens is 7. The van der Waals surface area contributed by atoms with Gasteiger partial charge in [-0.15, -0.1) is 6.58 Å². The van der Waals surface area contributed by atoms with Crippen molar-refractivity contribution in [1.29, 1.82) is 0 Å². The summed E-state index contributed by atoms with van der Waals surface area (Å²) >= 11 is 17.5. The molecule has 0 saturated heterocycles. The van der Waals surface area contributed by atoms with Crippen molar-refractivity contribution in [3.8, 4) is 0 Å².